The molecule has 2 aromatic rings. The Morgan fingerprint density at radius 1 is 1.09 bits per heavy atom. The Kier molecular flexibility index (Phi) is 5.14. The van der Waals surface area contributed by atoms with E-state index in [4.69, 9.17) is 9.47 Å². The lowest BCUT2D eigenvalue weighted by molar-refractivity contribution is 0.0599. The van der Waals surface area contributed by atoms with Crippen LogP contribution in [0.1, 0.15) is 26.3 Å². The maximum Gasteiger partial charge on any atom is 0.338 e. The van der Waals surface area contributed by atoms with Gasteiger partial charge in [0.05, 0.1) is 25.3 Å². The van der Waals surface area contributed by atoms with Crippen molar-refractivity contribution in [3.05, 3.63) is 59.2 Å². The Morgan fingerprint density at radius 2 is 1.77 bits per heavy atom. The summed E-state index contributed by atoms with van der Waals surface area (Å²) >= 11 is 0. The fourth-order valence-corrected chi connectivity index (χ4v) is 1.98. The van der Waals surface area contributed by atoms with E-state index in [9.17, 15) is 9.59 Å². The SMILES string of the molecule is COC(=O)c1cc(OC)c(C=O)c(OCc2ccccc2)c1. The largest absolute Gasteiger partial charge is 0.496 e. The van der Waals surface area contributed by atoms with Crippen molar-refractivity contribution in [3.8, 4) is 11.5 Å². The van der Waals surface area contributed by atoms with Crippen LogP contribution in [0.15, 0.2) is 42.5 Å². The highest BCUT2D eigenvalue weighted by molar-refractivity contribution is 5.93. The van der Waals surface area contributed by atoms with Gasteiger partial charge in [0.25, 0.3) is 0 Å². The minimum atomic E-state index is -0.527. The van der Waals surface area contributed by atoms with Crippen molar-refractivity contribution in [3.63, 3.8) is 0 Å². The Bertz CT molecular complexity index is 664. The van der Waals surface area contributed by atoms with E-state index in [-0.39, 0.29) is 29.2 Å². The van der Waals surface area contributed by atoms with Crippen LogP contribution in [0.4, 0.5) is 0 Å². The van der Waals surface area contributed by atoms with Crippen molar-refractivity contribution in [2.45, 2.75) is 6.61 Å². The summed E-state index contributed by atoms with van der Waals surface area (Å²) in [5.41, 5.74) is 1.46. The van der Waals surface area contributed by atoms with E-state index in [0.29, 0.717) is 6.29 Å². The Balaban J connectivity index is 2.34. The van der Waals surface area contributed by atoms with Gasteiger partial charge in [-0.1, -0.05) is 30.3 Å². The predicted octanol–water partition coefficient (Wildman–Crippen LogP) is 2.87. The molecule has 0 aliphatic carbocycles. The summed E-state index contributed by atoms with van der Waals surface area (Å²) in [6, 6.07) is 12.4. The molecular formula is C17H16O5. The summed E-state index contributed by atoms with van der Waals surface area (Å²) in [6.07, 6.45) is 0.639. The molecular weight excluding hydrogens is 284 g/mol. The van der Waals surface area contributed by atoms with Gasteiger partial charge in [0.1, 0.15) is 18.1 Å². The third-order valence-electron chi connectivity index (χ3n) is 3.10. The van der Waals surface area contributed by atoms with Crippen molar-refractivity contribution >= 4 is 12.3 Å². The summed E-state index contributed by atoms with van der Waals surface area (Å²) in [7, 11) is 2.71. The number of carbonyl (C=O) groups is 2. The van der Waals surface area contributed by atoms with E-state index < -0.39 is 5.97 Å². The number of esters is 1. The van der Waals surface area contributed by atoms with Crippen molar-refractivity contribution < 1.29 is 23.8 Å². The van der Waals surface area contributed by atoms with E-state index in [1.807, 2.05) is 30.3 Å². The van der Waals surface area contributed by atoms with Gasteiger partial charge < -0.3 is 14.2 Å². The van der Waals surface area contributed by atoms with E-state index in [2.05, 4.69) is 4.74 Å². The van der Waals surface area contributed by atoms with Crippen molar-refractivity contribution in [1.29, 1.82) is 0 Å². The van der Waals surface area contributed by atoms with E-state index >= 15 is 0 Å². The van der Waals surface area contributed by atoms with E-state index in [1.54, 1.807) is 0 Å². The number of rotatable bonds is 6. The fourth-order valence-electron chi connectivity index (χ4n) is 1.98. The minimum absolute atomic E-state index is 0.256. The van der Waals surface area contributed by atoms with Crippen molar-refractivity contribution in [1.82, 2.24) is 0 Å². The number of hydrogen-bond donors (Lipinski definition) is 0. The second-order valence-corrected chi connectivity index (χ2v) is 4.47. The normalized spacial score (nSPS) is 9.91. The summed E-state index contributed by atoms with van der Waals surface area (Å²) in [5.74, 6) is 0.0138. The second-order valence-electron chi connectivity index (χ2n) is 4.47. The zero-order valence-electron chi connectivity index (χ0n) is 12.4. The first-order valence-electron chi connectivity index (χ1n) is 6.61. The molecule has 2 rings (SSSR count). The molecule has 0 atom stereocenters. The van der Waals surface area contributed by atoms with Gasteiger partial charge in [-0.15, -0.1) is 0 Å². The molecule has 0 saturated carbocycles. The summed E-state index contributed by atoms with van der Waals surface area (Å²) in [6.45, 7) is 0.273. The predicted molar refractivity (Wildman–Crippen MR) is 80.5 cm³/mol. The van der Waals surface area contributed by atoms with Gasteiger partial charge in [0.15, 0.2) is 6.29 Å². The molecule has 0 heterocycles. The molecule has 0 aliphatic heterocycles. The zero-order valence-corrected chi connectivity index (χ0v) is 12.4. The first kappa shape index (κ1) is 15.6. The van der Waals surface area contributed by atoms with Crippen LogP contribution in [-0.4, -0.2) is 26.5 Å². The molecule has 0 radical (unpaired) electrons. The topological polar surface area (TPSA) is 61.8 Å². The molecule has 114 valence electrons. The van der Waals surface area contributed by atoms with Crippen molar-refractivity contribution in [2.24, 2.45) is 0 Å². The number of hydrogen-bond acceptors (Lipinski definition) is 5. The highest BCUT2D eigenvalue weighted by Gasteiger charge is 2.16. The van der Waals surface area contributed by atoms with Gasteiger partial charge in [-0.25, -0.2) is 4.79 Å². The molecule has 0 bridgehead atoms. The first-order chi connectivity index (χ1) is 10.7. The van der Waals surface area contributed by atoms with Crippen LogP contribution in [0.5, 0.6) is 11.5 Å². The number of ether oxygens (including phenoxy) is 3. The number of carbonyl (C=O) groups excluding carboxylic acids is 2. The van der Waals surface area contributed by atoms with Crippen LogP contribution in [0.2, 0.25) is 0 Å². The van der Waals surface area contributed by atoms with Gasteiger partial charge in [-0.2, -0.15) is 0 Å². The van der Waals surface area contributed by atoms with E-state index in [0.717, 1.165) is 5.56 Å². The van der Waals surface area contributed by atoms with Crippen LogP contribution >= 0.6 is 0 Å². The first-order valence-corrected chi connectivity index (χ1v) is 6.61. The molecule has 5 nitrogen and oxygen atoms in total. The molecule has 0 amide bonds. The molecule has 0 spiro atoms. The van der Waals surface area contributed by atoms with Crippen LogP contribution in [0.25, 0.3) is 0 Å². The fraction of sp³-hybridized carbons (Fsp3) is 0.176. The molecule has 0 saturated heterocycles. The average molecular weight is 300 g/mol. The third kappa shape index (κ3) is 3.44. The summed E-state index contributed by atoms with van der Waals surface area (Å²) in [5, 5.41) is 0. The van der Waals surface area contributed by atoms with Gasteiger partial charge in [0.2, 0.25) is 0 Å². The number of methoxy groups -OCH3 is 2. The molecule has 0 aromatic heterocycles. The monoisotopic (exact) mass is 300 g/mol. The average Bonchev–Trinajstić information content (AvgIpc) is 2.59. The Labute approximate surface area is 128 Å². The third-order valence-corrected chi connectivity index (χ3v) is 3.10. The highest BCUT2D eigenvalue weighted by Crippen LogP contribution is 2.30. The molecule has 0 aliphatic rings. The minimum Gasteiger partial charge on any atom is -0.496 e. The Hall–Kier alpha value is -2.82. The lowest BCUT2D eigenvalue weighted by atomic mass is 10.1. The summed E-state index contributed by atoms with van der Waals surface area (Å²) < 4.78 is 15.5. The van der Waals surface area contributed by atoms with Crippen LogP contribution in [0.3, 0.4) is 0 Å². The maximum absolute atomic E-state index is 11.7. The van der Waals surface area contributed by atoms with Gasteiger partial charge in [0, 0.05) is 0 Å². The molecule has 0 unspecified atom stereocenters. The van der Waals surface area contributed by atoms with E-state index in [1.165, 1.54) is 26.4 Å². The quantitative estimate of drug-likeness (QED) is 0.606. The molecule has 0 N–H and O–H groups in total. The van der Waals surface area contributed by atoms with Crippen LogP contribution < -0.4 is 9.47 Å². The molecule has 22 heavy (non-hydrogen) atoms. The van der Waals surface area contributed by atoms with Crippen molar-refractivity contribution in [2.75, 3.05) is 14.2 Å². The van der Waals surface area contributed by atoms with Gasteiger partial charge >= 0.3 is 5.97 Å². The zero-order chi connectivity index (χ0) is 15.9. The molecule has 5 heteroatoms. The summed E-state index contributed by atoms with van der Waals surface area (Å²) in [4.78, 5) is 23.0. The molecule has 0 fully saturated rings. The standard InChI is InChI=1S/C17H16O5/c1-20-15-8-13(17(19)21-2)9-16(14(15)10-18)22-11-12-6-4-3-5-7-12/h3-10H,11H2,1-2H3. The lowest BCUT2D eigenvalue weighted by Crippen LogP contribution is -2.06. The Morgan fingerprint density at radius 3 is 2.36 bits per heavy atom. The maximum atomic E-state index is 11.7. The second kappa shape index (κ2) is 7.26. The smallest absolute Gasteiger partial charge is 0.338 e. The lowest BCUT2D eigenvalue weighted by Gasteiger charge is -2.13. The van der Waals surface area contributed by atoms with Crippen LogP contribution in [0, 0.1) is 0 Å². The van der Waals surface area contributed by atoms with Gasteiger partial charge in [-0.05, 0) is 17.7 Å². The van der Waals surface area contributed by atoms with Crippen LogP contribution in [-0.2, 0) is 11.3 Å². The molecule has 2 aromatic carbocycles. The number of aldehydes is 1. The van der Waals surface area contributed by atoms with Gasteiger partial charge in [-0.3, -0.25) is 4.79 Å². The highest BCUT2D eigenvalue weighted by atomic mass is 16.5. The number of benzene rings is 2.